The zero-order valence-electron chi connectivity index (χ0n) is 14.3. The molecule has 0 radical (unpaired) electrons. The molecule has 2 aliphatic heterocycles. The fraction of sp³-hybridized carbons (Fsp3) is 0.412. The lowest BCUT2D eigenvalue weighted by Crippen LogP contribution is -2.76. The summed E-state index contributed by atoms with van der Waals surface area (Å²) in [7, 11) is 0. The Labute approximate surface area is 180 Å². The van der Waals surface area contributed by atoms with Gasteiger partial charge in [0.1, 0.15) is 18.0 Å². The smallest absolute Gasteiger partial charge is 0.336 e. The molecule has 0 spiro atoms. The van der Waals surface area contributed by atoms with Gasteiger partial charge in [0.25, 0.3) is 0 Å². The van der Waals surface area contributed by atoms with E-state index in [2.05, 4.69) is 5.32 Å². The van der Waals surface area contributed by atoms with Crippen LogP contribution in [0.1, 0.15) is 5.56 Å². The standard InChI is InChI=1S/C17H15Cl3N2O5S/c18-17(19,20)8-27-16(26)13-10(23)7-28-15-12(14(25)22(13)15)21-11(24)6-9-4-2-1-3-5-9/h1-5,12-13,15H,6-8H2,(H,21,24)/t12?,13?,15-/m0/s1. The van der Waals surface area contributed by atoms with Crippen LogP contribution in [-0.2, 0) is 30.3 Å². The third-order valence-electron chi connectivity index (χ3n) is 4.18. The van der Waals surface area contributed by atoms with Gasteiger partial charge < -0.3 is 15.0 Å². The number of thioether (sulfide) groups is 1. The Kier molecular flexibility index (Phi) is 6.44. The number of β-lactam (4-membered cyclic amide) rings is 1. The minimum absolute atomic E-state index is 0.00698. The number of nitrogens with zero attached hydrogens (tertiary/aromatic N) is 1. The van der Waals surface area contributed by atoms with Gasteiger partial charge in [0.2, 0.25) is 15.6 Å². The highest BCUT2D eigenvalue weighted by Crippen LogP contribution is 2.37. The minimum atomic E-state index is -1.82. The first-order valence-electron chi connectivity index (χ1n) is 8.20. The summed E-state index contributed by atoms with van der Waals surface area (Å²) in [5.41, 5.74) is 0.809. The van der Waals surface area contributed by atoms with Gasteiger partial charge in [-0.2, -0.15) is 0 Å². The third-order valence-corrected chi connectivity index (χ3v) is 5.80. The van der Waals surface area contributed by atoms with E-state index in [0.29, 0.717) is 0 Å². The van der Waals surface area contributed by atoms with E-state index in [4.69, 9.17) is 39.5 Å². The van der Waals surface area contributed by atoms with Gasteiger partial charge in [-0.05, 0) is 5.56 Å². The highest BCUT2D eigenvalue weighted by Gasteiger charge is 2.58. The lowest BCUT2D eigenvalue weighted by atomic mass is 10.00. The molecule has 0 aliphatic carbocycles. The lowest BCUT2D eigenvalue weighted by molar-refractivity contribution is -0.168. The van der Waals surface area contributed by atoms with Gasteiger partial charge in [-0.25, -0.2) is 4.79 Å². The van der Waals surface area contributed by atoms with E-state index >= 15 is 0 Å². The second kappa shape index (κ2) is 8.49. The van der Waals surface area contributed by atoms with E-state index in [-0.39, 0.29) is 18.1 Å². The van der Waals surface area contributed by atoms with Crippen molar-refractivity contribution in [2.24, 2.45) is 0 Å². The maximum atomic E-state index is 12.5. The Balaban J connectivity index is 1.62. The van der Waals surface area contributed by atoms with Crippen molar-refractivity contribution in [1.29, 1.82) is 0 Å². The third kappa shape index (κ3) is 4.74. The number of ether oxygens (including phenoxy) is 1. The van der Waals surface area contributed by atoms with Crippen molar-refractivity contribution in [2.45, 2.75) is 27.7 Å². The molecule has 0 bridgehead atoms. The summed E-state index contributed by atoms with van der Waals surface area (Å²) >= 11 is 17.8. The molecular formula is C17H15Cl3N2O5S. The Morgan fingerprint density at radius 2 is 1.89 bits per heavy atom. The molecule has 0 saturated carbocycles. The number of rotatable bonds is 5. The molecule has 0 aromatic heterocycles. The summed E-state index contributed by atoms with van der Waals surface area (Å²) in [6.07, 6.45) is 0.121. The topological polar surface area (TPSA) is 92.8 Å². The highest BCUT2D eigenvalue weighted by atomic mass is 35.6. The van der Waals surface area contributed by atoms with E-state index in [9.17, 15) is 19.2 Å². The molecule has 1 aromatic carbocycles. The number of amides is 2. The summed E-state index contributed by atoms with van der Waals surface area (Å²) in [6, 6.07) is 6.88. The molecule has 150 valence electrons. The monoisotopic (exact) mass is 464 g/mol. The first-order valence-corrected chi connectivity index (χ1v) is 10.4. The number of Topliss-reactive ketones (excluding diaryl/α,β-unsaturated/α-hetero) is 1. The average Bonchev–Trinajstić information content (AvgIpc) is 2.64. The average molecular weight is 466 g/mol. The number of alkyl halides is 3. The Morgan fingerprint density at radius 3 is 2.54 bits per heavy atom. The van der Waals surface area contributed by atoms with E-state index < -0.39 is 45.5 Å². The second-order valence-electron chi connectivity index (χ2n) is 6.25. The summed E-state index contributed by atoms with van der Waals surface area (Å²) in [4.78, 5) is 50.3. The van der Waals surface area contributed by atoms with Crippen LogP contribution in [0.2, 0.25) is 0 Å². The van der Waals surface area contributed by atoms with Crippen molar-refractivity contribution in [1.82, 2.24) is 10.2 Å². The van der Waals surface area contributed by atoms with Crippen molar-refractivity contribution < 1.29 is 23.9 Å². The number of esters is 1. The number of hydrogen-bond donors (Lipinski definition) is 1. The molecular weight excluding hydrogens is 451 g/mol. The number of carbonyl (C=O) groups is 4. The lowest BCUT2D eigenvalue weighted by Gasteiger charge is -2.51. The molecule has 7 nitrogen and oxygen atoms in total. The van der Waals surface area contributed by atoms with Crippen molar-refractivity contribution in [3.8, 4) is 0 Å². The van der Waals surface area contributed by atoms with Crippen LogP contribution in [0.25, 0.3) is 0 Å². The van der Waals surface area contributed by atoms with Crippen molar-refractivity contribution in [2.75, 3.05) is 12.4 Å². The van der Waals surface area contributed by atoms with Gasteiger partial charge in [-0.3, -0.25) is 14.4 Å². The largest absolute Gasteiger partial charge is 0.459 e. The van der Waals surface area contributed by atoms with Crippen LogP contribution in [0.15, 0.2) is 30.3 Å². The predicted molar refractivity (Wildman–Crippen MR) is 105 cm³/mol. The molecule has 1 aromatic rings. The molecule has 3 atom stereocenters. The molecule has 2 fully saturated rings. The molecule has 2 heterocycles. The van der Waals surface area contributed by atoms with Crippen LogP contribution in [0.4, 0.5) is 0 Å². The van der Waals surface area contributed by atoms with E-state index in [1.165, 1.54) is 11.8 Å². The maximum absolute atomic E-state index is 12.5. The van der Waals surface area contributed by atoms with E-state index in [0.717, 1.165) is 10.5 Å². The van der Waals surface area contributed by atoms with Crippen LogP contribution >= 0.6 is 46.6 Å². The summed E-state index contributed by atoms with van der Waals surface area (Å²) in [5, 5.41) is 2.13. The van der Waals surface area contributed by atoms with Crippen LogP contribution in [0, 0.1) is 0 Å². The number of benzene rings is 1. The Bertz CT molecular complexity index is 802. The molecule has 11 heteroatoms. The summed E-state index contributed by atoms with van der Waals surface area (Å²) in [5.74, 6) is -2.27. The Hall–Kier alpha value is -1.48. The SMILES string of the molecule is O=C(Cc1ccccc1)NC1C(=O)N2C(C(=O)OCC(Cl)(Cl)Cl)C(=O)CS[C@@H]12. The van der Waals surface area contributed by atoms with Crippen LogP contribution in [-0.4, -0.2) is 62.1 Å². The maximum Gasteiger partial charge on any atom is 0.336 e. The van der Waals surface area contributed by atoms with Crippen molar-refractivity contribution in [3.63, 3.8) is 0 Å². The number of fused-ring (bicyclic) bond motifs is 1. The molecule has 1 N–H and O–H groups in total. The van der Waals surface area contributed by atoms with Crippen molar-refractivity contribution >= 4 is 70.1 Å². The number of halogens is 3. The first kappa shape index (κ1) is 21.2. The normalized spacial score (nSPS) is 24.2. The van der Waals surface area contributed by atoms with Gasteiger partial charge in [0.05, 0.1) is 12.2 Å². The fourth-order valence-electron chi connectivity index (χ4n) is 2.95. The summed E-state index contributed by atoms with van der Waals surface area (Å²) < 4.78 is 3.04. The van der Waals surface area contributed by atoms with E-state index in [1.54, 1.807) is 12.1 Å². The zero-order chi connectivity index (χ0) is 20.5. The van der Waals surface area contributed by atoms with Gasteiger partial charge in [-0.1, -0.05) is 65.1 Å². The second-order valence-corrected chi connectivity index (χ2v) is 9.87. The van der Waals surface area contributed by atoms with Gasteiger partial charge >= 0.3 is 5.97 Å². The van der Waals surface area contributed by atoms with Crippen LogP contribution < -0.4 is 5.32 Å². The molecule has 2 aliphatic rings. The van der Waals surface area contributed by atoms with Crippen molar-refractivity contribution in [3.05, 3.63) is 35.9 Å². The number of ketones is 1. The van der Waals surface area contributed by atoms with E-state index in [1.807, 2.05) is 18.2 Å². The number of nitrogens with one attached hydrogen (secondary N) is 1. The highest BCUT2D eigenvalue weighted by molar-refractivity contribution is 8.00. The first-order chi connectivity index (χ1) is 13.2. The fourth-order valence-corrected chi connectivity index (χ4v) is 4.37. The predicted octanol–water partition coefficient (Wildman–Crippen LogP) is 1.48. The zero-order valence-corrected chi connectivity index (χ0v) is 17.4. The molecule has 28 heavy (non-hydrogen) atoms. The quantitative estimate of drug-likeness (QED) is 0.306. The molecule has 2 amide bonds. The van der Waals surface area contributed by atoms with Gasteiger partial charge in [-0.15, -0.1) is 11.8 Å². The van der Waals surface area contributed by atoms with Crippen LogP contribution in [0.3, 0.4) is 0 Å². The number of carbonyl (C=O) groups excluding carboxylic acids is 4. The molecule has 2 unspecified atom stereocenters. The Morgan fingerprint density at radius 1 is 1.21 bits per heavy atom. The molecule has 3 rings (SSSR count). The van der Waals surface area contributed by atoms with Gasteiger partial charge in [0, 0.05) is 0 Å². The minimum Gasteiger partial charge on any atom is -0.459 e. The molecule has 2 saturated heterocycles. The summed E-state index contributed by atoms with van der Waals surface area (Å²) in [6.45, 7) is -0.544. The van der Waals surface area contributed by atoms with Crippen LogP contribution in [0.5, 0.6) is 0 Å². The van der Waals surface area contributed by atoms with Gasteiger partial charge in [0.15, 0.2) is 11.8 Å². The number of hydrogen-bond acceptors (Lipinski definition) is 6.